The van der Waals surface area contributed by atoms with Gasteiger partial charge in [-0.05, 0) is 53.6 Å². The number of halogens is 1. The number of piperidine rings is 1. The van der Waals surface area contributed by atoms with Crippen LogP contribution in [0.4, 0.5) is 4.39 Å². The maximum atomic E-state index is 13.8. The van der Waals surface area contributed by atoms with Crippen LogP contribution in [0.5, 0.6) is 0 Å². The van der Waals surface area contributed by atoms with E-state index in [4.69, 9.17) is 4.74 Å². The highest BCUT2D eigenvalue weighted by Gasteiger charge is 2.48. The molecular formula is C28H28FN3O2S. The summed E-state index contributed by atoms with van der Waals surface area (Å²) in [7, 11) is 1.46. The van der Waals surface area contributed by atoms with Gasteiger partial charge in [0.2, 0.25) is 0 Å². The Morgan fingerprint density at radius 3 is 2.69 bits per heavy atom. The van der Waals surface area contributed by atoms with Crippen molar-refractivity contribution in [3.8, 4) is 0 Å². The van der Waals surface area contributed by atoms with E-state index in [1.165, 1.54) is 40.8 Å². The number of H-pyrrole nitrogens is 1. The maximum absolute atomic E-state index is 13.8. The van der Waals surface area contributed by atoms with Crippen LogP contribution < -0.4 is 5.32 Å². The van der Waals surface area contributed by atoms with Gasteiger partial charge >= 0.3 is 5.97 Å². The Bertz CT molecular complexity index is 1330. The van der Waals surface area contributed by atoms with E-state index in [0.717, 1.165) is 30.5 Å². The summed E-state index contributed by atoms with van der Waals surface area (Å²) in [6.07, 6.45) is 2.29. The van der Waals surface area contributed by atoms with Crippen molar-refractivity contribution in [1.82, 2.24) is 15.2 Å². The van der Waals surface area contributed by atoms with Gasteiger partial charge in [-0.3, -0.25) is 9.69 Å². The largest absolute Gasteiger partial charge is 0.468 e. The predicted molar refractivity (Wildman–Crippen MR) is 136 cm³/mol. The quantitative estimate of drug-likeness (QED) is 0.364. The summed E-state index contributed by atoms with van der Waals surface area (Å²) in [6.45, 7) is 0.811. The minimum absolute atomic E-state index is 0.0138. The third-order valence-corrected chi connectivity index (χ3v) is 8.42. The number of methoxy groups -OCH3 is 1. The molecule has 35 heavy (non-hydrogen) atoms. The molecule has 180 valence electrons. The topological polar surface area (TPSA) is 57.4 Å². The van der Waals surface area contributed by atoms with Crippen molar-refractivity contribution in [3.05, 3.63) is 93.6 Å². The SMILES string of the molecule is COC(=O)C1Cc2c([nH]c3ccccc23)C2CC(NCc3cccs3)CC(c3ccc(F)cc3)N12. The van der Waals surface area contributed by atoms with Crippen molar-refractivity contribution < 1.29 is 13.9 Å². The Balaban J connectivity index is 1.44. The summed E-state index contributed by atoms with van der Waals surface area (Å²) in [5, 5.41) is 7.04. The number of carbonyl (C=O) groups excluding carboxylic acids is 1. The van der Waals surface area contributed by atoms with Crippen LogP contribution in [0.1, 0.15) is 46.6 Å². The molecule has 4 unspecified atom stereocenters. The van der Waals surface area contributed by atoms with Crippen LogP contribution in [0.15, 0.2) is 66.0 Å². The molecule has 0 radical (unpaired) electrons. The standard InChI is InChI=1S/C28H28FN3O2S/c1-34-28(33)26-15-22-21-6-2-3-7-23(21)31-27(22)25-14-19(30-16-20-5-4-12-35-20)13-24(32(25)26)17-8-10-18(29)11-9-17/h2-12,19,24-26,30-31H,13-16H2,1H3. The number of nitrogens with one attached hydrogen (secondary N) is 2. The Morgan fingerprint density at radius 2 is 1.91 bits per heavy atom. The second-order valence-electron chi connectivity index (χ2n) is 9.46. The summed E-state index contributed by atoms with van der Waals surface area (Å²) >= 11 is 1.75. The normalized spacial score (nSPS) is 24.2. The number of hydrogen-bond acceptors (Lipinski definition) is 5. The number of thiophene rings is 1. The number of esters is 1. The van der Waals surface area contributed by atoms with Gasteiger partial charge in [-0.1, -0.05) is 36.4 Å². The number of aromatic nitrogens is 1. The molecule has 4 aromatic rings. The summed E-state index contributed by atoms with van der Waals surface area (Å²) in [5.41, 5.74) is 4.50. The van der Waals surface area contributed by atoms with Crippen LogP contribution in [0, 0.1) is 5.82 Å². The number of ether oxygens (including phenoxy) is 1. The van der Waals surface area contributed by atoms with Gasteiger partial charge in [0.05, 0.1) is 13.2 Å². The fourth-order valence-corrected chi connectivity index (χ4v) is 6.64. The molecule has 1 fully saturated rings. The highest BCUT2D eigenvalue weighted by molar-refractivity contribution is 7.09. The Hall–Kier alpha value is -3.00. The number of benzene rings is 2. The van der Waals surface area contributed by atoms with E-state index in [1.807, 2.05) is 24.3 Å². The molecule has 5 nitrogen and oxygen atoms in total. The fraction of sp³-hybridized carbons (Fsp3) is 0.321. The minimum Gasteiger partial charge on any atom is -0.468 e. The molecule has 7 heteroatoms. The highest BCUT2D eigenvalue weighted by atomic mass is 32.1. The third kappa shape index (κ3) is 4.07. The number of carbonyl (C=O) groups is 1. The lowest BCUT2D eigenvalue weighted by atomic mass is 9.79. The van der Waals surface area contributed by atoms with E-state index >= 15 is 0 Å². The van der Waals surface area contributed by atoms with E-state index in [9.17, 15) is 9.18 Å². The summed E-state index contributed by atoms with van der Waals surface area (Å²) in [4.78, 5) is 20.4. The number of rotatable bonds is 5. The number of hydrogen-bond donors (Lipinski definition) is 2. The molecule has 0 bridgehead atoms. The summed E-state index contributed by atoms with van der Waals surface area (Å²) < 4.78 is 19.1. The Morgan fingerprint density at radius 1 is 1.11 bits per heavy atom. The van der Waals surface area contributed by atoms with Crippen molar-refractivity contribution in [2.75, 3.05) is 7.11 Å². The molecule has 0 aliphatic carbocycles. The molecule has 2 aromatic carbocycles. The van der Waals surface area contributed by atoms with Gasteiger partial charge in [-0.2, -0.15) is 0 Å². The monoisotopic (exact) mass is 489 g/mol. The minimum atomic E-state index is -0.398. The van der Waals surface area contributed by atoms with E-state index in [2.05, 4.69) is 44.8 Å². The van der Waals surface area contributed by atoms with Gasteiger partial charge in [0.15, 0.2) is 0 Å². The lowest BCUT2D eigenvalue weighted by Crippen LogP contribution is -2.55. The molecule has 2 aromatic heterocycles. The second kappa shape index (κ2) is 9.22. The Kier molecular flexibility index (Phi) is 5.92. The van der Waals surface area contributed by atoms with Gasteiger partial charge in [-0.25, -0.2) is 4.39 Å². The first kappa shape index (κ1) is 22.5. The average Bonchev–Trinajstić information content (AvgIpc) is 3.54. The van der Waals surface area contributed by atoms with Gasteiger partial charge in [0.1, 0.15) is 11.9 Å². The average molecular weight is 490 g/mol. The molecule has 6 rings (SSSR count). The maximum Gasteiger partial charge on any atom is 0.323 e. The van der Waals surface area contributed by atoms with Gasteiger partial charge in [0.25, 0.3) is 0 Å². The van der Waals surface area contributed by atoms with Crippen LogP contribution in [-0.2, 0) is 22.5 Å². The summed E-state index contributed by atoms with van der Waals surface area (Å²) in [6, 6.07) is 19.1. The van der Waals surface area contributed by atoms with Crippen molar-refractivity contribution in [2.24, 2.45) is 0 Å². The highest BCUT2D eigenvalue weighted by Crippen LogP contribution is 2.48. The first-order valence-electron chi connectivity index (χ1n) is 12.1. The number of nitrogens with zero attached hydrogens (tertiary/aromatic N) is 1. The zero-order valence-corrected chi connectivity index (χ0v) is 20.4. The van der Waals surface area contributed by atoms with Gasteiger partial charge < -0.3 is 15.0 Å². The zero-order valence-electron chi connectivity index (χ0n) is 19.5. The van der Waals surface area contributed by atoms with Crippen molar-refractivity contribution in [3.63, 3.8) is 0 Å². The molecule has 2 N–H and O–H groups in total. The van der Waals surface area contributed by atoms with Gasteiger partial charge in [0, 0.05) is 46.5 Å². The lowest BCUT2D eigenvalue weighted by Gasteiger charge is -2.50. The Labute approximate surface area is 207 Å². The first-order valence-corrected chi connectivity index (χ1v) is 13.0. The number of fused-ring (bicyclic) bond motifs is 5. The third-order valence-electron chi connectivity index (χ3n) is 7.55. The van der Waals surface area contributed by atoms with Crippen molar-refractivity contribution in [2.45, 2.75) is 50.0 Å². The molecule has 2 aliphatic heterocycles. The lowest BCUT2D eigenvalue weighted by molar-refractivity contribution is -0.152. The van der Waals surface area contributed by atoms with Crippen LogP contribution in [0.25, 0.3) is 10.9 Å². The molecule has 0 spiro atoms. The van der Waals surface area contributed by atoms with E-state index in [0.29, 0.717) is 6.42 Å². The molecule has 2 aliphatic rings. The van der Waals surface area contributed by atoms with Crippen LogP contribution in [-0.4, -0.2) is 35.0 Å². The molecule has 0 amide bonds. The molecule has 4 heterocycles. The van der Waals surface area contributed by atoms with Crippen molar-refractivity contribution in [1.29, 1.82) is 0 Å². The van der Waals surface area contributed by atoms with E-state index in [-0.39, 0.29) is 29.9 Å². The summed E-state index contributed by atoms with van der Waals surface area (Å²) in [5.74, 6) is -0.474. The molecule has 4 atom stereocenters. The van der Waals surface area contributed by atoms with Crippen LogP contribution in [0.3, 0.4) is 0 Å². The second-order valence-corrected chi connectivity index (χ2v) is 10.5. The first-order chi connectivity index (χ1) is 17.1. The van der Waals surface area contributed by atoms with E-state index < -0.39 is 6.04 Å². The number of aromatic amines is 1. The van der Waals surface area contributed by atoms with Crippen LogP contribution >= 0.6 is 11.3 Å². The molecular weight excluding hydrogens is 461 g/mol. The van der Waals surface area contributed by atoms with E-state index in [1.54, 1.807) is 11.3 Å². The zero-order chi connectivity index (χ0) is 23.9. The smallest absolute Gasteiger partial charge is 0.323 e. The fourth-order valence-electron chi connectivity index (χ4n) is 5.98. The molecule has 1 saturated heterocycles. The van der Waals surface area contributed by atoms with Gasteiger partial charge in [-0.15, -0.1) is 11.3 Å². The van der Waals surface area contributed by atoms with Crippen LogP contribution in [0.2, 0.25) is 0 Å². The predicted octanol–water partition coefficient (Wildman–Crippen LogP) is 5.50. The van der Waals surface area contributed by atoms with Crippen molar-refractivity contribution >= 4 is 28.2 Å². The number of para-hydroxylation sites is 1. The molecule has 0 saturated carbocycles.